The molecule has 0 N–H and O–H groups in total. The molecule has 6 heteroatoms. The molecule has 0 aromatic carbocycles. The van der Waals surface area contributed by atoms with Crippen LogP contribution in [-0.2, 0) is 28.6 Å². The molecule has 0 aliphatic carbocycles. The first-order valence-corrected chi connectivity index (χ1v) is 22.0. The monoisotopic (exact) mass is 731 g/mol. The highest BCUT2D eigenvalue weighted by molar-refractivity contribution is 5.71. The molecule has 302 valence electrons. The van der Waals surface area contributed by atoms with Crippen molar-refractivity contribution >= 4 is 17.9 Å². The second-order valence-corrected chi connectivity index (χ2v) is 14.6. The maximum absolute atomic E-state index is 12.7. The van der Waals surface area contributed by atoms with Crippen LogP contribution in [0.15, 0.2) is 36.5 Å². The van der Waals surface area contributed by atoms with Gasteiger partial charge >= 0.3 is 17.9 Å². The Labute approximate surface area is 321 Å². The van der Waals surface area contributed by atoms with E-state index in [-0.39, 0.29) is 31.1 Å². The Kier molecular flexibility index (Phi) is 39.5. The van der Waals surface area contributed by atoms with Gasteiger partial charge in [0.2, 0.25) is 0 Å². The van der Waals surface area contributed by atoms with E-state index in [1.807, 2.05) is 0 Å². The predicted octanol–water partition coefficient (Wildman–Crippen LogP) is 13.8. The van der Waals surface area contributed by atoms with Gasteiger partial charge in [-0.1, -0.05) is 166 Å². The van der Waals surface area contributed by atoms with Gasteiger partial charge < -0.3 is 14.2 Å². The molecule has 0 aliphatic rings. The minimum atomic E-state index is -0.784. The van der Waals surface area contributed by atoms with Crippen molar-refractivity contribution in [2.75, 3.05) is 13.2 Å². The third-order valence-corrected chi connectivity index (χ3v) is 9.38. The number of unbranched alkanes of at least 4 members (excludes halogenated alkanes) is 22. The molecule has 6 nitrogen and oxygen atoms in total. The van der Waals surface area contributed by atoms with Gasteiger partial charge in [-0.15, -0.1) is 0 Å². The largest absolute Gasteiger partial charge is 0.462 e. The first-order chi connectivity index (χ1) is 25.5. The van der Waals surface area contributed by atoms with Crippen LogP contribution in [0.2, 0.25) is 0 Å². The Morgan fingerprint density at radius 1 is 0.404 bits per heavy atom. The van der Waals surface area contributed by atoms with Crippen LogP contribution in [-0.4, -0.2) is 37.2 Å². The van der Waals surface area contributed by atoms with Crippen LogP contribution in [0, 0.1) is 0 Å². The van der Waals surface area contributed by atoms with E-state index in [0.29, 0.717) is 19.3 Å². The molecule has 0 saturated heterocycles. The average Bonchev–Trinajstić information content (AvgIpc) is 3.14. The molecule has 0 aromatic rings. The molecule has 1 unspecified atom stereocenters. The zero-order chi connectivity index (χ0) is 38.0. The summed E-state index contributed by atoms with van der Waals surface area (Å²) in [6, 6.07) is 0. The molecule has 0 rings (SSSR count). The Balaban J connectivity index is 4.40. The Hall–Kier alpha value is -2.37. The van der Waals surface area contributed by atoms with Gasteiger partial charge in [-0.25, -0.2) is 0 Å². The molecule has 0 amide bonds. The standard InChI is InChI=1S/C46H82O6/c1-4-7-10-13-16-19-21-23-25-27-30-33-36-39-45(48)51-42-43(41-50-44(47)38-35-32-29-26-18-15-12-9-6-3)52-46(49)40-37-34-31-28-24-22-20-17-14-11-8-5-2/h9,12,18,23,25-26,43H,4-8,10-11,13-17,19-22,24,27-42H2,1-3H3/b12-9-,25-23-,26-18-. The number of rotatable bonds is 39. The van der Waals surface area contributed by atoms with Crippen molar-refractivity contribution in [3.8, 4) is 0 Å². The quantitative estimate of drug-likeness (QED) is 0.0271. The van der Waals surface area contributed by atoms with Crippen LogP contribution in [0.25, 0.3) is 0 Å². The van der Waals surface area contributed by atoms with Crippen LogP contribution < -0.4 is 0 Å². The molecule has 1 atom stereocenters. The number of ether oxygens (including phenoxy) is 3. The maximum Gasteiger partial charge on any atom is 0.306 e. The van der Waals surface area contributed by atoms with Gasteiger partial charge in [-0.05, 0) is 70.6 Å². The lowest BCUT2D eigenvalue weighted by Gasteiger charge is -2.18. The van der Waals surface area contributed by atoms with Gasteiger partial charge in [0.15, 0.2) is 6.10 Å². The van der Waals surface area contributed by atoms with E-state index in [1.54, 1.807) is 0 Å². The molecular formula is C46H82O6. The van der Waals surface area contributed by atoms with E-state index in [1.165, 1.54) is 96.3 Å². The summed E-state index contributed by atoms with van der Waals surface area (Å²) in [6.07, 6.45) is 45.6. The average molecular weight is 731 g/mol. The molecule has 0 radical (unpaired) electrons. The molecule has 0 spiro atoms. The Morgan fingerprint density at radius 2 is 0.750 bits per heavy atom. The number of carbonyl (C=O) groups is 3. The maximum atomic E-state index is 12.7. The molecule has 0 aromatic heterocycles. The zero-order valence-corrected chi connectivity index (χ0v) is 34.3. The molecule has 52 heavy (non-hydrogen) atoms. The smallest absolute Gasteiger partial charge is 0.306 e. The lowest BCUT2D eigenvalue weighted by atomic mass is 10.0. The minimum Gasteiger partial charge on any atom is -0.462 e. The van der Waals surface area contributed by atoms with Crippen LogP contribution in [0.4, 0.5) is 0 Å². The SMILES string of the molecule is CC/C=C\C/C=C\CCCCC(=O)OCC(COC(=O)CCCCC/C=C\CCCCCCCC)OC(=O)CCCCCCCCCCCCCC. The van der Waals surface area contributed by atoms with Gasteiger partial charge in [-0.2, -0.15) is 0 Å². The van der Waals surface area contributed by atoms with E-state index in [4.69, 9.17) is 14.2 Å². The summed E-state index contributed by atoms with van der Waals surface area (Å²) in [6.45, 7) is 6.45. The van der Waals surface area contributed by atoms with Crippen LogP contribution >= 0.6 is 0 Å². The highest BCUT2D eigenvalue weighted by Gasteiger charge is 2.19. The third kappa shape index (κ3) is 38.9. The lowest BCUT2D eigenvalue weighted by Crippen LogP contribution is -2.30. The number of hydrogen-bond donors (Lipinski definition) is 0. The van der Waals surface area contributed by atoms with E-state index in [0.717, 1.165) is 83.5 Å². The van der Waals surface area contributed by atoms with E-state index in [9.17, 15) is 14.4 Å². The first-order valence-electron chi connectivity index (χ1n) is 22.0. The van der Waals surface area contributed by atoms with E-state index >= 15 is 0 Å². The van der Waals surface area contributed by atoms with Crippen molar-refractivity contribution in [1.82, 2.24) is 0 Å². The fourth-order valence-corrected chi connectivity index (χ4v) is 6.06. The fraction of sp³-hybridized carbons (Fsp3) is 0.804. The second kappa shape index (κ2) is 41.4. The van der Waals surface area contributed by atoms with Gasteiger partial charge in [0.05, 0.1) is 0 Å². The lowest BCUT2D eigenvalue weighted by molar-refractivity contribution is -0.167. The number of esters is 3. The van der Waals surface area contributed by atoms with E-state index < -0.39 is 6.10 Å². The third-order valence-electron chi connectivity index (χ3n) is 9.38. The summed E-state index contributed by atoms with van der Waals surface area (Å²) >= 11 is 0. The summed E-state index contributed by atoms with van der Waals surface area (Å²) in [4.78, 5) is 37.6. The van der Waals surface area contributed by atoms with Crippen molar-refractivity contribution in [2.45, 2.75) is 226 Å². The van der Waals surface area contributed by atoms with E-state index in [2.05, 4.69) is 57.2 Å². The summed E-state index contributed by atoms with van der Waals surface area (Å²) < 4.78 is 16.6. The summed E-state index contributed by atoms with van der Waals surface area (Å²) in [5.74, 6) is -0.941. The molecule has 0 heterocycles. The van der Waals surface area contributed by atoms with Gasteiger partial charge in [0.25, 0.3) is 0 Å². The van der Waals surface area contributed by atoms with Crippen molar-refractivity contribution in [2.24, 2.45) is 0 Å². The zero-order valence-electron chi connectivity index (χ0n) is 34.3. The second-order valence-electron chi connectivity index (χ2n) is 14.6. The van der Waals surface area contributed by atoms with Crippen molar-refractivity contribution in [3.63, 3.8) is 0 Å². The van der Waals surface area contributed by atoms with Crippen LogP contribution in [0.1, 0.15) is 220 Å². The topological polar surface area (TPSA) is 78.9 Å². The highest BCUT2D eigenvalue weighted by Crippen LogP contribution is 2.14. The summed E-state index contributed by atoms with van der Waals surface area (Å²) in [7, 11) is 0. The molecule has 0 fully saturated rings. The molecule has 0 saturated carbocycles. The van der Waals surface area contributed by atoms with Crippen molar-refractivity contribution < 1.29 is 28.6 Å². The predicted molar refractivity (Wildman–Crippen MR) is 219 cm³/mol. The summed E-state index contributed by atoms with van der Waals surface area (Å²) in [5, 5.41) is 0. The Bertz CT molecular complexity index is 891. The van der Waals surface area contributed by atoms with Gasteiger partial charge in [0, 0.05) is 19.3 Å². The molecule has 0 bridgehead atoms. The fourth-order valence-electron chi connectivity index (χ4n) is 6.06. The first kappa shape index (κ1) is 49.6. The van der Waals surface area contributed by atoms with Crippen molar-refractivity contribution in [3.05, 3.63) is 36.5 Å². The van der Waals surface area contributed by atoms with Crippen molar-refractivity contribution in [1.29, 1.82) is 0 Å². The molecule has 0 aliphatic heterocycles. The Morgan fingerprint density at radius 3 is 1.23 bits per heavy atom. The number of allylic oxidation sites excluding steroid dienone is 6. The highest BCUT2D eigenvalue weighted by atomic mass is 16.6. The van der Waals surface area contributed by atoms with Crippen LogP contribution in [0.5, 0.6) is 0 Å². The van der Waals surface area contributed by atoms with Crippen LogP contribution in [0.3, 0.4) is 0 Å². The van der Waals surface area contributed by atoms with Gasteiger partial charge in [0.1, 0.15) is 13.2 Å². The summed E-state index contributed by atoms with van der Waals surface area (Å²) in [5.41, 5.74) is 0. The number of hydrogen-bond acceptors (Lipinski definition) is 6. The molecular weight excluding hydrogens is 649 g/mol. The normalized spacial score (nSPS) is 12.3. The minimum absolute atomic E-state index is 0.0885. The van der Waals surface area contributed by atoms with Gasteiger partial charge in [-0.3, -0.25) is 14.4 Å². The number of carbonyl (C=O) groups excluding carboxylic acids is 3.